The van der Waals surface area contributed by atoms with Crippen LogP contribution in [0.15, 0.2) is 59.8 Å². The number of benzene rings is 2. The highest BCUT2D eigenvalue weighted by molar-refractivity contribution is 7.99. The minimum atomic E-state index is -4.46. The zero-order valence-electron chi connectivity index (χ0n) is 20.7. The molecule has 39 heavy (non-hydrogen) atoms. The molecule has 3 aromatic rings. The van der Waals surface area contributed by atoms with Crippen molar-refractivity contribution in [3.63, 3.8) is 0 Å². The number of carbonyl (C=O) groups is 2. The number of amides is 2. The summed E-state index contributed by atoms with van der Waals surface area (Å²) >= 11 is 7.25. The first-order valence-electron chi connectivity index (χ1n) is 11.9. The number of alkyl halides is 3. The lowest BCUT2D eigenvalue weighted by molar-refractivity contribution is -0.137. The van der Waals surface area contributed by atoms with Crippen molar-refractivity contribution in [2.24, 2.45) is 0 Å². The fourth-order valence-corrected chi connectivity index (χ4v) is 4.99. The Morgan fingerprint density at radius 1 is 1.10 bits per heavy atom. The van der Waals surface area contributed by atoms with Crippen LogP contribution >= 0.6 is 23.4 Å². The minimum absolute atomic E-state index is 0.0518. The third-order valence-corrected chi connectivity index (χ3v) is 7.08. The van der Waals surface area contributed by atoms with Gasteiger partial charge in [-0.05, 0) is 48.9 Å². The van der Waals surface area contributed by atoms with Gasteiger partial charge in [0.25, 0.3) is 5.91 Å². The van der Waals surface area contributed by atoms with E-state index in [1.807, 2.05) is 11.8 Å². The van der Waals surface area contributed by atoms with E-state index in [4.69, 9.17) is 11.6 Å². The van der Waals surface area contributed by atoms with Crippen molar-refractivity contribution in [2.45, 2.75) is 30.8 Å². The molecule has 2 heterocycles. The molecular formula is C26H24ClF4N5O2S. The van der Waals surface area contributed by atoms with Crippen molar-refractivity contribution in [3.8, 4) is 0 Å². The number of anilines is 1. The Kier molecular flexibility index (Phi) is 8.96. The average Bonchev–Trinajstić information content (AvgIpc) is 2.90. The molecule has 1 fully saturated rings. The maximum absolute atomic E-state index is 13.2. The van der Waals surface area contributed by atoms with Crippen molar-refractivity contribution in [3.05, 3.63) is 82.3 Å². The molecule has 0 spiro atoms. The van der Waals surface area contributed by atoms with Crippen LogP contribution in [0.3, 0.4) is 0 Å². The first kappa shape index (κ1) is 28.6. The zero-order valence-corrected chi connectivity index (χ0v) is 22.3. The van der Waals surface area contributed by atoms with Crippen molar-refractivity contribution in [2.75, 3.05) is 30.3 Å². The molecule has 1 atom stereocenters. The van der Waals surface area contributed by atoms with E-state index in [1.165, 1.54) is 36.4 Å². The Morgan fingerprint density at radius 3 is 2.54 bits per heavy atom. The normalized spacial score (nSPS) is 15.8. The number of rotatable bonds is 7. The Labute approximate surface area is 231 Å². The molecule has 1 unspecified atom stereocenters. The molecule has 0 saturated carbocycles. The summed E-state index contributed by atoms with van der Waals surface area (Å²) in [5.74, 6) is -0.511. The van der Waals surface area contributed by atoms with Crippen LogP contribution in [0, 0.1) is 5.82 Å². The number of carbonyl (C=O) groups excluding carboxylic acids is 2. The summed E-state index contributed by atoms with van der Waals surface area (Å²) in [5, 5.41) is 3.05. The van der Waals surface area contributed by atoms with Crippen molar-refractivity contribution >= 4 is 41.0 Å². The number of thioether (sulfide) groups is 1. The van der Waals surface area contributed by atoms with E-state index in [0.29, 0.717) is 36.6 Å². The van der Waals surface area contributed by atoms with Gasteiger partial charge in [0.2, 0.25) is 5.91 Å². The SMILES string of the molecule is CC1CN(c2cc(Cl)nc(SCC(=O)NCc3cccc(C(F)(F)F)c3)n2)CCN1C(=O)c1ccc(F)cc1. The Hall–Kier alpha value is -3.38. The highest BCUT2D eigenvalue weighted by Gasteiger charge is 2.31. The first-order valence-corrected chi connectivity index (χ1v) is 13.3. The maximum Gasteiger partial charge on any atom is 0.416 e. The van der Waals surface area contributed by atoms with Gasteiger partial charge in [0.1, 0.15) is 16.8 Å². The molecule has 1 aromatic heterocycles. The minimum Gasteiger partial charge on any atom is -0.353 e. The van der Waals surface area contributed by atoms with Gasteiger partial charge in [-0.15, -0.1) is 0 Å². The molecular weight excluding hydrogens is 558 g/mol. The predicted octanol–water partition coefficient (Wildman–Crippen LogP) is 5.05. The number of nitrogens with one attached hydrogen (secondary N) is 1. The van der Waals surface area contributed by atoms with E-state index in [2.05, 4.69) is 15.3 Å². The topological polar surface area (TPSA) is 78.4 Å². The standard InChI is InChI=1S/C26H24ClF4N5O2S/c1-16-14-35(9-10-36(16)24(38)18-5-7-20(28)8-6-18)22-12-21(27)33-25(34-22)39-15-23(37)32-13-17-3-2-4-19(11-17)26(29,30)31/h2-8,11-12,16H,9-10,13-15H2,1H3,(H,32,37). The molecule has 4 rings (SSSR count). The predicted molar refractivity (Wildman–Crippen MR) is 140 cm³/mol. The number of aromatic nitrogens is 2. The molecule has 1 aliphatic heterocycles. The van der Waals surface area contributed by atoms with E-state index in [9.17, 15) is 27.2 Å². The van der Waals surface area contributed by atoms with Crippen LogP contribution in [0.5, 0.6) is 0 Å². The maximum atomic E-state index is 13.2. The average molecular weight is 582 g/mol. The smallest absolute Gasteiger partial charge is 0.353 e. The molecule has 1 aliphatic rings. The van der Waals surface area contributed by atoms with Crippen LogP contribution in [0.2, 0.25) is 5.15 Å². The lowest BCUT2D eigenvalue weighted by Crippen LogP contribution is -2.54. The summed E-state index contributed by atoms with van der Waals surface area (Å²) in [6, 6.07) is 11.6. The lowest BCUT2D eigenvalue weighted by Gasteiger charge is -2.40. The van der Waals surface area contributed by atoms with Crippen LogP contribution in [0.25, 0.3) is 0 Å². The third kappa shape index (κ3) is 7.60. The van der Waals surface area contributed by atoms with Crippen molar-refractivity contribution < 1.29 is 27.2 Å². The summed E-state index contributed by atoms with van der Waals surface area (Å²) in [5.41, 5.74) is -0.0408. The Balaban J connectivity index is 1.32. The second-order valence-corrected chi connectivity index (χ2v) is 10.2. The fourth-order valence-electron chi connectivity index (χ4n) is 4.08. The van der Waals surface area contributed by atoms with Gasteiger partial charge in [0.05, 0.1) is 11.3 Å². The van der Waals surface area contributed by atoms with Gasteiger partial charge in [0, 0.05) is 43.9 Å². The van der Waals surface area contributed by atoms with Crippen molar-refractivity contribution in [1.29, 1.82) is 0 Å². The molecule has 0 aliphatic carbocycles. The summed E-state index contributed by atoms with van der Waals surface area (Å²) in [4.78, 5) is 37.5. The molecule has 0 bridgehead atoms. The second-order valence-electron chi connectivity index (χ2n) is 8.90. The Morgan fingerprint density at radius 2 is 1.85 bits per heavy atom. The van der Waals surface area contributed by atoms with Gasteiger partial charge in [-0.1, -0.05) is 35.5 Å². The largest absolute Gasteiger partial charge is 0.416 e. The summed E-state index contributed by atoms with van der Waals surface area (Å²) in [6.07, 6.45) is -4.46. The lowest BCUT2D eigenvalue weighted by atomic mass is 10.1. The molecule has 7 nitrogen and oxygen atoms in total. The van der Waals surface area contributed by atoms with Gasteiger partial charge in [0.15, 0.2) is 5.16 Å². The molecule has 1 N–H and O–H groups in total. The highest BCUT2D eigenvalue weighted by atomic mass is 35.5. The third-order valence-electron chi connectivity index (χ3n) is 6.04. The van der Waals surface area contributed by atoms with Gasteiger partial charge < -0.3 is 15.1 Å². The van der Waals surface area contributed by atoms with E-state index < -0.39 is 23.5 Å². The number of hydrogen-bond acceptors (Lipinski definition) is 6. The van der Waals surface area contributed by atoms with E-state index in [1.54, 1.807) is 11.0 Å². The fraction of sp³-hybridized carbons (Fsp3) is 0.308. The quantitative estimate of drug-likeness (QED) is 0.182. The monoisotopic (exact) mass is 581 g/mol. The van der Waals surface area contributed by atoms with Crippen LogP contribution < -0.4 is 10.2 Å². The first-order chi connectivity index (χ1) is 18.5. The number of nitrogens with zero attached hydrogens (tertiary/aromatic N) is 4. The molecule has 206 valence electrons. The van der Waals surface area contributed by atoms with Crippen LogP contribution in [0.4, 0.5) is 23.4 Å². The Bertz CT molecular complexity index is 1340. The zero-order chi connectivity index (χ0) is 28.2. The van der Waals surface area contributed by atoms with E-state index in [-0.39, 0.29) is 34.6 Å². The van der Waals surface area contributed by atoms with Gasteiger partial charge in [-0.25, -0.2) is 14.4 Å². The number of piperazine rings is 1. The number of halogens is 5. The van der Waals surface area contributed by atoms with Gasteiger partial charge in [-0.2, -0.15) is 13.2 Å². The summed E-state index contributed by atoms with van der Waals surface area (Å²) in [7, 11) is 0. The van der Waals surface area contributed by atoms with Crippen LogP contribution in [0.1, 0.15) is 28.4 Å². The van der Waals surface area contributed by atoms with Gasteiger partial charge >= 0.3 is 6.18 Å². The van der Waals surface area contributed by atoms with Gasteiger partial charge in [-0.3, -0.25) is 9.59 Å². The van der Waals surface area contributed by atoms with E-state index in [0.717, 1.165) is 23.9 Å². The second kappa shape index (κ2) is 12.2. The molecule has 2 aromatic carbocycles. The highest BCUT2D eigenvalue weighted by Crippen LogP contribution is 2.29. The molecule has 2 amide bonds. The molecule has 1 saturated heterocycles. The van der Waals surface area contributed by atoms with Crippen molar-refractivity contribution in [1.82, 2.24) is 20.2 Å². The summed E-state index contributed by atoms with van der Waals surface area (Å²) < 4.78 is 51.9. The molecule has 0 radical (unpaired) electrons. The summed E-state index contributed by atoms with van der Waals surface area (Å²) in [6.45, 7) is 3.22. The molecule has 13 heteroatoms. The van der Waals surface area contributed by atoms with Crippen LogP contribution in [-0.4, -0.2) is 58.1 Å². The number of hydrogen-bond donors (Lipinski definition) is 1. The van der Waals surface area contributed by atoms with Crippen LogP contribution in [-0.2, 0) is 17.5 Å². The van der Waals surface area contributed by atoms with E-state index >= 15 is 0 Å².